The molecule has 8 heteroatoms. The zero-order chi connectivity index (χ0) is 19.3. The summed E-state index contributed by atoms with van der Waals surface area (Å²) in [4.78, 5) is 27.7. The van der Waals surface area contributed by atoms with Crippen LogP contribution in [0.1, 0.15) is 36.6 Å². The third-order valence-electron chi connectivity index (χ3n) is 5.31. The number of benzene rings is 1. The Morgan fingerprint density at radius 2 is 2.04 bits per heavy atom. The molecule has 2 aliphatic heterocycles. The van der Waals surface area contributed by atoms with Crippen LogP contribution in [0.3, 0.4) is 0 Å². The quantitative estimate of drug-likeness (QED) is 0.722. The molecule has 1 unspecified atom stereocenters. The van der Waals surface area contributed by atoms with E-state index in [1.165, 1.54) is 0 Å². The van der Waals surface area contributed by atoms with E-state index in [1.54, 1.807) is 4.90 Å². The minimum Gasteiger partial charge on any atom is -0.370 e. The van der Waals surface area contributed by atoms with Gasteiger partial charge in [-0.1, -0.05) is 35.5 Å². The van der Waals surface area contributed by atoms with E-state index in [1.807, 2.05) is 46.1 Å². The topological polar surface area (TPSA) is 80.6 Å². The molecule has 1 atom stereocenters. The SMILES string of the molecule is O=C1CCCN1CC(=O)N1CCC(n2cc(COCc3ccccc3)nn2)C1. The fraction of sp³-hybridized carbons (Fsp3) is 0.500. The molecule has 1 aromatic heterocycles. The van der Waals surface area contributed by atoms with Crippen LogP contribution in [0, 0.1) is 0 Å². The van der Waals surface area contributed by atoms with Gasteiger partial charge in [-0.3, -0.25) is 9.59 Å². The van der Waals surface area contributed by atoms with Crippen molar-refractivity contribution in [2.45, 2.75) is 38.5 Å². The van der Waals surface area contributed by atoms with Crippen molar-refractivity contribution in [2.75, 3.05) is 26.2 Å². The summed E-state index contributed by atoms with van der Waals surface area (Å²) in [5.74, 6) is 0.102. The number of hydrogen-bond acceptors (Lipinski definition) is 5. The van der Waals surface area contributed by atoms with Gasteiger partial charge in [0.2, 0.25) is 11.8 Å². The van der Waals surface area contributed by atoms with E-state index in [-0.39, 0.29) is 24.4 Å². The van der Waals surface area contributed by atoms with Crippen molar-refractivity contribution in [1.82, 2.24) is 24.8 Å². The van der Waals surface area contributed by atoms with Gasteiger partial charge in [0.25, 0.3) is 0 Å². The summed E-state index contributed by atoms with van der Waals surface area (Å²) < 4.78 is 7.54. The summed E-state index contributed by atoms with van der Waals surface area (Å²) in [5, 5.41) is 8.40. The van der Waals surface area contributed by atoms with Gasteiger partial charge in [-0.05, 0) is 18.4 Å². The van der Waals surface area contributed by atoms with Crippen molar-refractivity contribution in [3.63, 3.8) is 0 Å². The van der Waals surface area contributed by atoms with Crippen molar-refractivity contribution in [2.24, 2.45) is 0 Å². The van der Waals surface area contributed by atoms with Gasteiger partial charge < -0.3 is 14.5 Å². The first-order valence-electron chi connectivity index (χ1n) is 9.77. The van der Waals surface area contributed by atoms with Crippen molar-refractivity contribution >= 4 is 11.8 Å². The lowest BCUT2D eigenvalue weighted by atomic mass is 10.2. The Morgan fingerprint density at radius 1 is 1.18 bits per heavy atom. The molecule has 0 saturated carbocycles. The predicted octanol–water partition coefficient (Wildman–Crippen LogP) is 1.39. The first kappa shape index (κ1) is 18.6. The fourth-order valence-corrected chi connectivity index (χ4v) is 3.72. The van der Waals surface area contributed by atoms with Gasteiger partial charge >= 0.3 is 0 Å². The number of hydrogen-bond donors (Lipinski definition) is 0. The average molecular weight is 383 g/mol. The molecule has 2 saturated heterocycles. The van der Waals surface area contributed by atoms with E-state index < -0.39 is 0 Å². The van der Waals surface area contributed by atoms with E-state index in [9.17, 15) is 9.59 Å². The van der Waals surface area contributed by atoms with E-state index in [4.69, 9.17) is 4.74 Å². The molecule has 4 rings (SSSR count). The van der Waals surface area contributed by atoms with E-state index in [0.717, 1.165) is 24.1 Å². The monoisotopic (exact) mass is 383 g/mol. The van der Waals surface area contributed by atoms with Crippen LogP contribution in [0.4, 0.5) is 0 Å². The average Bonchev–Trinajstić information content (AvgIpc) is 3.44. The molecule has 2 amide bonds. The molecule has 8 nitrogen and oxygen atoms in total. The first-order chi connectivity index (χ1) is 13.7. The third-order valence-corrected chi connectivity index (χ3v) is 5.31. The van der Waals surface area contributed by atoms with E-state index in [2.05, 4.69) is 10.3 Å². The lowest BCUT2D eigenvalue weighted by Crippen LogP contribution is -2.39. The van der Waals surface area contributed by atoms with Crippen LogP contribution < -0.4 is 0 Å². The molecule has 28 heavy (non-hydrogen) atoms. The standard InChI is InChI=1S/C20H25N5O3/c26-19-7-4-9-23(19)13-20(27)24-10-8-18(12-24)25-11-17(21-22-25)15-28-14-16-5-2-1-3-6-16/h1-3,5-6,11,18H,4,7-10,12-15H2. The lowest BCUT2D eigenvalue weighted by Gasteiger charge is -2.21. The minimum absolute atomic E-state index is 0.0179. The summed E-state index contributed by atoms with van der Waals surface area (Å²) in [6.07, 6.45) is 4.15. The van der Waals surface area contributed by atoms with Gasteiger partial charge in [0.1, 0.15) is 5.69 Å². The number of carbonyl (C=O) groups is 2. The number of nitrogens with zero attached hydrogens (tertiary/aromatic N) is 5. The maximum atomic E-state index is 12.5. The normalized spacial score (nSPS) is 19.6. The number of rotatable bonds is 7. The molecule has 0 spiro atoms. The fourth-order valence-electron chi connectivity index (χ4n) is 3.72. The molecule has 2 fully saturated rings. The van der Waals surface area contributed by atoms with Crippen molar-refractivity contribution in [3.05, 3.63) is 47.8 Å². The summed E-state index contributed by atoms with van der Waals surface area (Å²) in [6, 6.07) is 10.1. The molecule has 0 bridgehead atoms. The van der Waals surface area contributed by atoms with Crippen LogP contribution in [-0.4, -0.2) is 62.8 Å². The second kappa shape index (κ2) is 8.52. The van der Waals surface area contributed by atoms with Gasteiger partial charge in [0, 0.05) is 26.1 Å². The van der Waals surface area contributed by atoms with Gasteiger partial charge in [-0.2, -0.15) is 0 Å². The molecule has 3 heterocycles. The maximum Gasteiger partial charge on any atom is 0.242 e. The molecule has 148 valence electrons. The number of ether oxygens (including phenoxy) is 1. The highest BCUT2D eigenvalue weighted by molar-refractivity contribution is 5.86. The summed E-state index contributed by atoms with van der Waals surface area (Å²) in [6.45, 7) is 3.12. The molecule has 0 N–H and O–H groups in total. The molecular weight excluding hydrogens is 358 g/mol. The van der Waals surface area contributed by atoms with Crippen LogP contribution >= 0.6 is 0 Å². The van der Waals surface area contributed by atoms with E-state index >= 15 is 0 Å². The number of likely N-dealkylation sites (tertiary alicyclic amines) is 2. The molecule has 0 aliphatic carbocycles. The highest BCUT2D eigenvalue weighted by Gasteiger charge is 2.31. The van der Waals surface area contributed by atoms with E-state index in [0.29, 0.717) is 39.3 Å². The lowest BCUT2D eigenvalue weighted by molar-refractivity contribution is -0.137. The molecule has 2 aliphatic rings. The highest BCUT2D eigenvalue weighted by Crippen LogP contribution is 2.22. The number of carbonyl (C=O) groups excluding carboxylic acids is 2. The largest absolute Gasteiger partial charge is 0.370 e. The Kier molecular flexibility index (Phi) is 5.66. The molecule has 2 aromatic rings. The zero-order valence-electron chi connectivity index (χ0n) is 15.9. The highest BCUT2D eigenvalue weighted by atomic mass is 16.5. The Morgan fingerprint density at radius 3 is 2.82 bits per heavy atom. The summed E-state index contributed by atoms with van der Waals surface area (Å²) >= 11 is 0. The zero-order valence-corrected chi connectivity index (χ0v) is 15.9. The Hall–Kier alpha value is -2.74. The molecule has 0 radical (unpaired) electrons. The Bertz CT molecular complexity index is 822. The third kappa shape index (κ3) is 4.39. The van der Waals surface area contributed by atoms with Crippen LogP contribution in [0.25, 0.3) is 0 Å². The summed E-state index contributed by atoms with van der Waals surface area (Å²) in [7, 11) is 0. The Balaban J connectivity index is 1.25. The van der Waals surface area contributed by atoms with Gasteiger partial charge in [0.15, 0.2) is 0 Å². The van der Waals surface area contributed by atoms with Crippen LogP contribution in [-0.2, 0) is 27.5 Å². The van der Waals surface area contributed by atoms with Crippen LogP contribution in [0.5, 0.6) is 0 Å². The van der Waals surface area contributed by atoms with Crippen molar-refractivity contribution in [3.8, 4) is 0 Å². The molecule has 1 aromatic carbocycles. The number of aromatic nitrogens is 3. The second-order valence-electron chi connectivity index (χ2n) is 7.37. The van der Waals surface area contributed by atoms with Gasteiger partial charge in [-0.25, -0.2) is 4.68 Å². The first-order valence-corrected chi connectivity index (χ1v) is 9.77. The van der Waals surface area contributed by atoms with Crippen LogP contribution in [0.2, 0.25) is 0 Å². The predicted molar refractivity (Wildman–Crippen MR) is 101 cm³/mol. The van der Waals surface area contributed by atoms with Crippen molar-refractivity contribution < 1.29 is 14.3 Å². The minimum atomic E-state index is 0.0179. The van der Waals surface area contributed by atoms with Crippen molar-refractivity contribution in [1.29, 1.82) is 0 Å². The molecular formula is C20H25N5O3. The Labute approximate surface area is 164 Å². The number of amides is 2. The maximum absolute atomic E-state index is 12.5. The summed E-state index contributed by atoms with van der Waals surface area (Å²) in [5.41, 5.74) is 1.90. The smallest absolute Gasteiger partial charge is 0.242 e. The second-order valence-corrected chi connectivity index (χ2v) is 7.37. The van der Waals surface area contributed by atoms with Gasteiger partial charge in [-0.15, -0.1) is 5.10 Å². The van der Waals surface area contributed by atoms with Gasteiger partial charge in [0.05, 0.1) is 32.0 Å². The van der Waals surface area contributed by atoms with Crippen LogP contribution in [0.15, 0.2) is 36.5 Å².